The lowest BCUT2D eigenvalue weighted by Gasteiger charge is -2.39. The van der Waals surface area contributed by atoms with Crippen LogP contribution in [0, 0.1) is 5.92 Å². The Kier molecular flexibility index (Phi) is 4.31. The highest BCUT2D eigenvalue weighted by atomic mass is 32.2. The second-order valence-corrected chi connectivity index (χ2v) is 7.52. The second-order valence-electron chi connectivity index (χ2n) is 5.85. The predicted octanol–water partition coefficient (Wildman–Crippen LogP) is 0.858. The molecule has 1 saturated carbocycles. The Morgan fingerprint density at radius 2 is 2.00 bits per heavy atom. The largest absolute Gasteiger partial charge is 0.394 e. The molecular weight excluding hydrogens is 252 g/mol. The second kappa shape index (κ2) is 5.45. The van der Waals surface area contributed by atoms with Gasteiger partial charge < -0.3 is 5.11 Å². The SMILES string of the molecule is CC1CCCC(CO)(NS(=O)(=O)N2CCCC2)C1. The first-order valence-corrected chi connectivity index (χ1v) is 8.31. The maximum absolute atomic E-state index is 12.3. The normalized spacial score (nSPS) is 34.9. The van der Waals surface area contributed by atoms with Gasteiger partial charge in [0, 0.05) is 13.1 Å². The van der Waals surface area contributed by atoms with E-state index in [4.69, 9.17) is 0 Å². The van der Waals surface area contributed by atoms with Crippen LogP contribution in [-0.2, 0) is 10.2 Å². The molecular formula is C12H24N2O3S. The Bertz CT molecular complexity index is 379. The van der Waals surface area contributed by atoms with E-state index in [2.05, 4.69) is 11.6 Å². The van der Waals surface area contributed by atoms with Crippen LogP contribution in [0.15, 0.2) is 0 Å². The van der Waals surface area contributed by atoms with E-state index in [0.717, 1.165) is 38.5 Å². The number of hydrogen-bond donors (Lipinski definition) is 2. The molecule has 0 aromatic rings. The molecule has 18 heavy (non-hydrogen) atoms. The average Bonchev–Trinajstić information content (AvgIpc) is 2.82. The molecule has 0 amide bonds. The third-order valence-electron chi connectivity index (χ3n) is 4.14. The summed E-state index contributed by atoms with van der Waals surface area (Å²) in [6.45, 7) is 3.22. The summed E-state index contributed by atoms with van der Waals surface area (Å²) in [4.78, 5) is 0. The van der Waals surface area contributed by atoms with Gasteiger partial charge in [-0.1, -0.05) is 19.8 Å². The minimum atomic E-state index is -3.43. The molecule has 2 rings (SSSR count). The van der Waals surface area contributed by atoms with E-state index in [1.54, 1.807) is 0 Å². The van der Waals surface area contributed by atoms with Gasteiger partial charge >= 0.3 is 0 Å². The van der Waals surface area contributed by atoms with Crippen LogP contribution in [-0.4, -0.2) is 43.1 Å². The van der Waals surface area contributed by atoms with Crippen molar-refractivity contribution in [2.24, 2.45) is 5.92 Å². The molecule has 2 fully saturated rings. The van der Waals surface area contributed by atoms with Crippen LogP contribution >= 0.6 is 0 Å². The minimum absolute atomic E-state index is 0.107. The fourth-order valence-electron chi connectivity index (χ4n) is 3.20. The van der Waals surface area contributed by atoms with Gasteiger partial charge in [0.15, 0.2) is 0 Å². The molecule has 0 radical (unpaired) electrons. The van der Waals surface area contributed by atoms with Gasteiger partial charge in [-0.3, -0.25) is 0 Å². The summed E-state index contributed by atoms with van der Waals surface area (Å²) in [5.41, 5.74) is -0.640. The first-order valence-electron chi connectivity index (χ1n) is 6.87. The molecule has 0 spiro atoms. The van der Waals surface area contributed by atoms with Crippen molar-refractivity contribution in [1.82, 2.24) is 9.03 Å². The van der Waals surface area contributed by atoms with E-state index in [1.807, 2.05) is 0 Å². The summed E-state index contributed by atoms with van der Waals surface area (Å²) in [6.07, 6.45) is 5.43. The summed E-state index contributed by atoms with van der Waals surface area (Å²) in [5.74, 6) is 0.465. The molecule has 0 bridgehead atoms. The quantitative estimate of drug-likeness (QED) is 0.800. The Labute approximate surface area is 110 Å². The molecule has 1 saturated heterocycles. The monoisotopic (exact) mass is 276 g/mol. The zero-order valence-corrected chi connectivity index (χ0v) is 11.9. The van der Waals surface area contributed by atoms with Crippen molar-refractivity contribution < 1.29 is 13.5 Å². The molecule has 106 valence electrons. The van der Waals surface area contributed by atoms with Gasteiger partial charge in [0.1, 0.15) is 0 Å². The van der Waals surface area contributed by atoms with Crippen LogP contribution in [0.3, 0.4) is 0 Å². The Morgan fingerprint density at radius 3 is 2.56 bits per heavy atom. The maximum Gasteiger partial charge on any atom is 0.280 e. The fourth-order valence-corrected chi connectivity index (χ4v) is 4.86. The zero-order chi connectivity index (χ0) is 13.2. The third-order valence-corrected chi connectivity index (χ3v) is 5.88. The fraction of sp³-hybridized carbons (Fsp3) is 1.00. The highest BCUT2D eigenvalue weighted by Gasteiger charge is 2.40. The number of aliphatic hydroxyl groups excluding tert-OH is 1. The average molecular weight is 276 g/mol. The first-order chi connectivity index (χ1) is 8.47. The predicted molar refractivity (Wildman–Crippen MR) is 70.3 cm³/mol. The van der Waals surface area contributed by atoms with Crippen LogP contribution in [0.5, 0.6) is 0 Å². The molecule has 2 unspecified atom stereocenters. The van der Waals surface area contributed by atoms with E-state index in [9.17, 15) is 13.5 Å². The minimum Gasteiger partial charge on any atom is -0.394 e. The maximum atomic E-state index is 12.3. The van der Waals surface area contributed by atoms with Gasteiger partial charge in [-0.25, -0.2) is 0 Å². The standard InChI is InChI=1S/C12H24N2O3S/c1-11-5-4-6-12(9-11,10-15)13-18(16,17)14-7-2-3-8-14/h11,13,15H,2-10H2,1H3. The highest BCUT2D eigenvalue weighted by molar-refractivity contribution is 7.87. The molecule has 2 atom stereocenters. The molecule has 2 N–H and O–H groups in total. The van der Waals surface area contributed by atoms with Crippen LogP contribution in [0.4, 0.5) is 0 Å². The van der Waals surface area contributed by atoms with Crippen LogP contribution in [0.2, 0.25) is 0 Å². The van der Waals surface area contributed by atoms with Crippen LogP contribution in [0.25, 0.3) is 0 Å². The van der Waals surface area contributed by atoms with Crippen molar-refractivity contribution >= 4 is 10.2 Å². The van der Waals surface area contributed by atoms with E-state index in [0.29, 0.717) is 19.0 Å². The van der Waals surface area contributed by atoms with Crippen LogP contribution in [0.1, 0.15) is 45.4 Å². The summed E-state index contributed by atoms with van der Waals surface area (Å²) in [5, 5.41) is 9.62. The molecule has 1 aliphatic heterocycles. The molecule has 0 aromatic heterocycles. The zero-order valence-electron chi connectivity index (χ0n) is 11.1. The highest BCUT2D eigenvalue weighted by Crippen LogP contribution is 2.33. The van der Waals surface area contributed by atoms with Gasteiger partial charge in [-0.05, 0) is 31.6 Å². The van der Waals surface area contributed by atoms with Gasteiger partial charge in [0.05, 0.1) is 12.1 Å². The molecule has 1 heterocycles. The van der Waals surface area contributed by atoms with Crippen molar-refractivity contribution in [3.05, 3.63) is 0 Å². The lowest BCUT2D eigenvalue weighted by atomic mass is 9.78. The lowest BCUT2D eigenvalue weighted by molar-refractivity contribution is 0.118. The van der Waals surface area contributed by atoms with Crippen molar-refractivity contribution in [3.63, 3.8) is 0 Å². The number of rotatable bonds is 4. The molecule has 0 aromatic carbocycles. The van der Waals surface area contributed by atoms with Gasteiger partial charge in [-0.2, -0.15) is 17.4 Å². The van der Waals surface area contributed by atoms with Crippen molar-refractivity contribution in [2.45, 2.75) is 51.0 Å². The number of nitrogens with one attached hydrogen (secondary N) is 1. The van der Waals surface area contributed by atoms with Gasteiger partial charge in [-0.15, -0.1) is 0 Å². The topological polar surface area (TPSA) is 69.6 Å². The smallest absolute Gasteiger partial charge is 0.280 e. The molecule has 6 heteroatoms. The first kappa shape index (κ1) is 14.2. The Morgan fingerprint density at radius 1 is 1.33 bits per heavy atom. The number of nitrogens with zero attached hydrogens (tertiary/aromatic N) is 1. The summed E-state index contributed by atoms with van der Waals surface area (Å²) in [6, 6.07) is 0. The summed E-state index contributed by atoms with van der Waals surface area (Å²) in [7, 11) is -3.43. The molecule has 5 nitrogen and oxygen atoms in total. The summed E-state index contributed by atoms with van der Waals surface area (Å²) < 4.78 is 28.8. The van der Waals surface area contributed by atoms with E-state index >= 15 is 0 Å². The van der Waals surface area contributed by atoms with Gasteiger partial charge in [0.2, 0.25) is 0 Å². The molecule has 1 aliphatic carbocycles. The number of aliphatic hydroxyl groups is 1. The summed E-state index contributed by atoms with van der Waals surface area (Å²) >= 11 is 0. The van der Waals surface area contributed by atoms with Gasteiger partial charge in [0.25, 0.3) is 10.2 Å². The Hall–Kier alpha value is -0.170. The molecule has 2 aliphatic rings. The third kappa shape index (κ3) is 3.04. The van der Waals surface area contributed by atoms with E-state index < -0.39 is 15.7 Å². The van der Waals surface area contributed by atoms with Crippen LogP contribution < -0.4 is 4.72 Å². The lowest BCUT2D eigenvalue weighted by Crippen LogP contribution is -2.57. The van der Waals surface area contributed by atoms with Crippen molar-refractivity contribution in [1.29, 1.82) is 0 Å². The Balaban J connectivity index is 2.09. The number of hydrogen-bond acceptors (Lipinski definition) is 3. The van der Waals surface area contributed by atoms with E-state index in [1.165, 1.54) is 4.31 Å². The van der Waals surface area contributed by atoms with E-state index in [-0.39, 0.29) is 6.61 Å². The van der Waals surface area contributed by atoms with Crippen molar-refractivity contribution in [3.8, 4) is 0 Å². The van der Waals surface area contributed by atoms with Crippen molar-refractivity contribution in [2.75, 3.05) is 19.7 Å².